The van der Waals surface area contributed by atoms with Gasteiger partial charge in [-0.1, -0.05) is 41.9 Å². The number of carbonyl (C=O) groups excluding carboxylic acids is 1. The number of methoxy groups -OCH3 is 1. The molecule has 0 bridgehead atoms. The van der Waals surface area contributed by atoms with Crippen LogP contribution in [0.4, 0.5) is 0 Å². The van der Waals surface area contributed by atoms with E-state index in [1.54, 1.807) is 31.2 Å². The quantitative estimate of drug-likeness (QED) is 0.780. The zero-order chi connectivity index (χ0) is 15.9. The Labute approximate surface area is 135 Å². The molecule has 0 radical (unpaired) electrons. The van der Waals surface area contributed by atoms with E-state index in [4.69, 9.17) is 16.3 Å². The second kappa shape index (κ2) is 7.66. The standard InChI is InChI=1S/C18H18ClNO2/c1-20(13-14-6-5-8-16(19)12-14)18(21)11-10-15-7-3-4-9-17(15)22-2/h3-12H,13H2,1-2H3/b11-10+. The van der Waals surface area contributed by atoms with Gasteiger partial charge in [-0.25, -0.2) is 0 Å². The Bertz CT molecular complexity index is 682. The Balaban J connectivity index is 2.03. The predicted molar refractivity (Wildman–Crippen MR) is 90.0 cm³/mol. The third kappa shape index (κ3) is 4.37. The molecular formula is C18H18ClNO2. The maximum Gasteiger partial charge on any atom is 0.246 e. The van der Waals surface area contributed by atoms with Crippen molar-refractivity contribution < 1.29 is 9.53 Å². The predicted octanol–water partition coefficient (Wildman–Crippen LogP) is 4.02. The van der Waals surface area contributed by atoms with Crippen molar-refractivity contribution in [2.75, 3.05) is 14.2 Å². The average molecular weight is 316 g/mol. The van der Waals surface area contributed by atoms with Gasteiger partial charge in [-0.2, -0.15) is 0 Å². The van der Waals surface area contributed by atoms with Crippen LogP contribution in [0.2, 0.25) is 5.02 Å². The molecule has 0 aliphatic rings. The molecule has 2 aromatic rings. The Morgan fingerprint density at radius 3 is 2.73 bits per heavy atom. The van der Waals surface area contributed by atoms with Crippen LogP contribution in [0.15, 0.2) is 54.6 Å². The van der Waals surface area contributed by atoms with E-state index in [1.807, 2.05) is 48.5 Å². The monoisotopic (exact) mass is 315 g/mol. The number of hydrogen-bond donors (Lipinski definition) is 0. The summed E-state index contributed by atoms with van der Waals surface area (Å²) in [6, 6.07) is 15.1. The van der Waals surface area contributed by atoms with Gasteiger partial charge in [0.25, 0.3) is 0 Å². The molecule has 0 spiro atoms. The van der Waals surface area contributed by atoms with E-state index in [2.05, 4.69) is 0 Å². The molecule has 3 nitrogen and oxygen atoms in total. The van der Waals surface area contributed by atoms with Crippen LogP contribution in [0.25, 0.3) is 6.08 Å². The van der Waals surface area contributed by atoms with Gasteiger partial charge in [-0.05, 0) is 29.8 Å². The van der Waals surface area contributed by atoms with Crippen molar-refractivity contribution in [1.29, 1.82) is 0 Å². The minimum atomic E-state index is -0.0779. The second-order valence-corrected chi connectivity index (χ2v) is 5.34. The molecule has 0 fully saturated rings. The highest BCUT2D eigenvalue weighted by Gasteiger charge is 2.06. The lowest BCUT2D eigenvalue weighted by Crippen LogP contribution is -2.24. The van der Waals surface area contributed by atoms with E-state index in [0.717, 1.165) is 16.9 Å². The number of likely N-dealkylation sites (N-methyl/N-ethyl adjacent to an activating group) is 1. The molecule has 0 atom stereocenters. The maximum atomic E-state index is 12.2. The molecular weight excluding hydrogens is 298 g/mol. The van der Waals surface area contributed by atoms with E-state index < -0.39 is 0 Å². The Hall–Kier alpha value is -2.26. The van der Waals surface area contributed by atoms with E-state index in [9.17, 15) is 4.79 Å². The fourth-order valence-electron chi connectivity index (χ4n) is 2.08. The number of hydrogen-bond acceptors (Lipinski definition) is 2. The highest BCUT2D eigenvalue weighted by Crippen LogP contribution is 2.19. The fourth-order valence-corrected chi connectivity index (χ4v) is 2.29. The van der Waals surface area contributed by atoms with Gasteiger partial charge in [0.05, 0.1) is 7.11 Å². The van der Waals surface area contributed by atoms with Gasteiger partial charge < -0.3 is 9.64 Å². The second-order valence-electron chi connectivity index (χ2n) is 4.90. The summed E-state index contributed by atoms with van der Waals surface area (Å²) in [4.78, 5) is 13.8. The molecule has 0 N–H and O–H groups in total. The third-order valence-electron chi connectivity index (χ3n) is 3.23. The molecule has 0 aliphatic carbocycles. The molecule has 4 heteroatoms. The van der Waals surface area contributed by atoms with Crippen LogP contribution in [-0.2, 0) is 11.3 Å². The van der Waals surface area contributed by atoms with Gasteiger partial charge in [0.1, 0.15) is 5.75 Å². The van der Waals surface area contributed by atoms with E-state index in [1.165, 1.54) is 0 Å². The van der Waals surface area contributed by atoms with Crippen molar-refractivity contribution in [2.24, 2.45) is 0 Å². The topological polar surface area (TPSA) is 29.5 Å². The molecule has 0 aliphatic heterocycles. The van der Waals surface area contributed by atoms with Crippen molar-refractivity contribution in [2.45, 2.75) is 6.54 Å². The highest BCUT2D eigenvalue weighted by atomic mass is 35.5. The molecule has 0 unspecified atom stereocenters. The number of amides is 1. The number of ether oxygens (including phenoxy) is 1. The number of halogens is 1. The Kier molecular flexibility index (Phi) is 5.61. The largest absolute Gasteiger partial charge is 0.496 e. The molecule has 2 rings (SSSR count). The first kappa shape index (κ1) is 16.1. The van der Waals surface area contributed by atoms with Crippen molar-refractivity contribution in [3.05, 3.63) is 70.8 Å². The summed E-state index contributed by atoms with van der Waals surface area (Å²) >= 11 is 5.95. The number of carbonyl (C=O) groups is 1. The highest BCUT2D eigenvalue weighted by molar-refractivity contribution is 6.30. The summed E-state index contributed by atoms with van der Waals surface area (Å²) in [7, 11) is 3.37. The van der Waals surface area contributed by atoms with Crippen LogP contribution in [0.3, 0.4) is 0 Å². The molecule has 2 aromatic carbocycles. The van der Waals surface area contributed by atoms with Gasteiger partial charge in [0, 0.05) is 30.3 Å². The number of para-hydroxylation sites is 1. The summed E-state index contributed by atoms with van der Waals surface area (Å²) in [5.41, 5.74) is 1.86. The number of benzene rings is 2. The third-order valence-corrected chi connectivity index (χ3v) is 3.46. The van der Waals surface area contributed by atoms with Crippen molar-refractivity contribution in [1.82, 2.24) is 4.90 Å². The molecule has 0 aromatic heterocycles. The first-order valence-corrected chi connectivity index (χ1v) is 7.28. The van der Waals surface area contributed by atoms with Gasteiger partial charge >= 0.3 is 0 Å². The summed E-state index contributed by atoms with van der Waals surface area (Å²) in [6.07, 6.45) is 3.30. The SMILES string of the molecule is COc1ccccc1/C=C/C(=O)N(C)Cc1cccc(Cl)c1. The van der Waals surface area contributed by atoms with Gasteiger partial charge in [-0.15, -0.1) is 0 Å². The molecule has 0 saturated carbocycles. The smallest absolute Gasteiger partial charge is 0.246 e. The van der Waals surface area contributed by atoms with Crippen LogP contribution in [-0.4, -0.2) is 25.0 Å². The van der Waals surface area contributed by atoms with E-state index >= 15 is 0 Å². The molecule has 0 saturated heterocycles. The summed E-state index contributed by atoms with van der Waals surface area (Å²) < 4.78 is 5.26. The van der Waals surface area contributed by atoms with Crippen LogP contribution in [0.1, 0.15) is 11.1 Å². The fraction of sp³-hybridized carbons (Fsp3) is 0.167. The normalized spacial score (nSPS) is 10.7. The first-order chi connectivity index (χ1) is 10.6. The summed E-state index contributed by atoms with van der Waals surface area (Å²) in [5, 5.41) is 0.669. The first-order valence-electron chi connectivity index (χ1n) is 6.91. The number of nitrogens with zero attached hydrogens (tertiary/aromatic N) is 1. The van der Waals surface area contributed by atoms with Crippen LogP contribution < -0.4 is 4.74 Å². The molecule has 0 heterocycles. The lowest BCUT2D eigenvalue weighted by Gasteiger charge is -2.15. The summed E-state index contributed by atoms with van der Waals surface area (Å²) in [6.45, 7) is 0.510. The zero-order valence-corrected chi connectivity index (χ0v) is 13.4. The molecule has 1 amide bonds. The van der Waals surface area contributed by atoms with Crippen LogP contribution in [0, 0.1) is 0 Å². The summed E-state index contributed by atoms with van der Waals surface area (Å²) in [5.74, 6) is 0.662. The lowest BCUT2D eigenvalue weighted by atomic mass is 10.2. The van der Waals surface area contributed by atoms with Crippen molar-refractivity contribution in [3.8, 4) is 5.75 Å². The van der Waals surface area contributed by atoms with Gasteiger partial charge in [-0.3, -0.25) is 4.79 Å². The van der Waals surface area contributed by atoms with Crippen molar-refractivity contribution >= 4 is 23.6 Å². The average Bonchev–Trinajstić information content (AvgIpc) is 2.52. The van der Waals surface area contributed by atoms with Crippen molar-refractivity contribution in [3.63, 3.8) is 0 Å². The maximum absolute atomic E-state index is 12.2. The lowest BCUT2D eigenvalue weighted by molar-refractivity contribution is -0.125. The minimum Gasteiger partial charge on any atom is -0.496 e. The van der Waals surface area contributed by atoms with Crippen LogP contribution in [0.5, 0.6) is 5.75 Å². The molecule has 114 valence electrons. The van der Waals surface area contributed by atoms with E-state index in [0.29, 0.717) is 11.6 Å². The Morgan fingerprint density at radius 2 is 2.00 bits per heavy atom. The zero-order valence-electron chi connectivity index (χ0n) is 12.6. The molecule has 22 heavy (non-hydrogen) atoms. The Morgan fingerprint density at radius 1 is 1.23 bits per heavy atom. The van der Waals surface area contributed by atoms with E-state index in [-0.39, 0.29) is 5.91 Å². The van der Waals surface area contributed by atoms with Gasteiger partial charge in [0.2, 0.25) is 5.91 Å². The minimum absolute atomic E-state index is 0.0779. The number of rotatable bonds is 5. The van der Waals surface area contributed by atoms with Gasteiger partial charge in [0.15, 0.2) is 0 Å². The van der Waals surface area contributed by atoms with Crippen LogP contribution >= 0.6 is 11.6 Å².